The van der Waals surface area contributed by atoms with Gasteiger partial charge < -0.3 is 15.0 Å². The van der Waals surface area contributed by atoms with E-state index in [1.165, 1.54) is 10.9 Å². The largest absolute Gasteiger partial charge is 0.379 e. The monoisotopic (exact) mass is 377 g/mol. The Morgan fingerprint density at radius 2 is 1.93 bits per heavy atom. The van der Waals surface area contributed by atoms with E-state index in [0.29, 0.717) is 12.5 Å². The molecule has 0 amide bonds. The fourth-order valence-electron chi connectivity index (χ4n) is 3.71. The van der Waals surface area contributed by atoms with Gasteiger partial charge >= 0.3 is 0 Å². The van der Waals surface area contributed by atoms with Crippen LogP contribution >= 0.6 is 0 Å². The van der Waals surface area contributed by atoms with Crippen molar-refractivity contribution in [1.82, 2.24) is 15.0 Å². The van der Waals surface area contributed by atoms with Crippen LogP contribution in [0.5, 0.6) is 0 Å². The van der Waals surface area contributed by atoms with E-state index in [1.807, 2.05) is 38.2 Å². The summed E-state index contributed by atoms with van der Waals surface area (Å²) in [5, 5.41) is 4.87. The standard InChI is InChI=1S/C22H27N5O/c1-14-15(2)24-22(27(3)4)26-21(14)25-20-13-28-12-17(20)11-16-9-10-23-19-8-6-5-7-18(16)19/h5-10,17,20H,11-13H2,1-4H3,(H,24,25,26). The van der Waals surface area contributed by atoms with Crippen LogP contribution in [-0.2, 0) is 11.2 Å². The fourth-order valence-corrected chi connectivity index (χ4v) is 3.71. The molecular formula is C22H27N5O. The minimum Gasteiger partial charge on any atom is -0.379 e. The Labute approximate surface area is 166 Å². The molecule has 6 nitrogen and oxygen atoms in total. The molecule has 1 saturated heterocycles. The SMILES string of the molecule is Cc1nc(N(C)C)nc(NC2COCC2Cc2ccnc3ccccc23)c1C. The number of aromatic nitrogens is 3. The molecule has 1 aliphatic rings. The molecule has 0 spiro atoms. The number of pyridine rings is 1. The van der Waals surface area contributed by atoms with E-state index >= 15 is 0 Å². The van der Waals surface area contributed by atoms with Gasteiger partial charge in [0, 0.05) is 42.9 Å². The number of rotatable bonds is 5. The molecule has 1 aromatic carbocycles. The first kappa shape index (κ1) is 18.6. The molecule has 2 aromatic heterocycles. The molecule has 3 aromatic rings. The summed E-state index contributed by atoms with van der Waals surface area (Å²) in [5.41, 5.74) is 4.45. The third kappa shape index (κ3) is 3.64. The average Bonchev–Trinajstić information content (AvgIpc) is 3.12. The van der Waals surface area contributed by atoms with Gasteiger partial charge in [0.1, 0.15) is 5.82 Å². The fraction of sp³-hybridized carbons (Fsp3) is 0.409. The Morgan fingerprint density at radius 1 is 1.11 bits per heavy atom. The maximum Gasteiger partial charge on any atom is 0.227 e. The maximum atomic E-state index is 5.84. The van der Waals surface area contributed by atoms with Gasteiger partial charge in [-0.15, -0.1) is 0 Å². The first-order chi connectivity index (χ1) is 13.5. The number of benzene rings is 1. The average molecular weight is 377 g/mol. The van der Waals surface area contributed by atoms with Gasteiger partial charge in [-0.3, -0.25) is 4.98 Å². The first-order valence-corrected chi connectivity index (χ1v) is 9.72. The molecule has 1 N–H and O–H groups in total. The summed E-state index contributed by atoms with van der Waals surface area (Å²) >= 11 is 0. The number of hydrogen-bond acceptors (Lipinski definition) is 6. The lowest BCUT2D eigenvalue weighted by Crippen LogP contribution is -2.30. The summed E-state index contributed by atoms with van der Waals surface area (Å²) in [6.45, 7) is 5.53. The van der Waals surface area contributed by atoms with Crippen LogP contribution in [0, 0.1) is 19.8 Å². The minimum atomic E-state index is 0.218. The Balaban J connectivity index is 1.58. The van der Waals surface area contributed by atoms with E-state index in [-0.39, 0.29) is 6.04 Å². The lowest BCUT2D eigenvalue weighted by atomic mass is 9.93. The van der Waals surface area contributed by atoms with Crippen LogP contribution in [0.1, 0.15) is 16.8 Å². The summed E-state index contributed by atoms with van der Waals surface area (Å²) in [7, 11) is 3.92. The number of hydrogen-bond donors (Lipinski definition) is 1. The second-order valence-corrected chi connectivity index (χ2v) is 7.72. The summed E-state index contributed by atoms with van der Waals surface area (Å²) in [6, 6.07) is 10.7. The molecule has 2 atom stereocenters. The van der Waals surface area contributed by atoms with Crippen molar-refractivity contribution in [1.29, 1.82) is 0 Å². The van der Waals surface area contributed by atoms with Crippen molar-refractivity contribution in [2.24, 2.45) is 5.92 Å². The highest BCUT2D eigenvalue weighted by atomic mass is 16.5. The molecule has 146 valence electrons. The highest BCUT2D eigenvalue weighted by molar-refractivity contribution is 5.81. The van der Waals surface area contributed by atoms with Crippen LogP contribution in [0.3, 0.4) is 0 Å². The Kier molecular flexibility index (Phi) is 5.13. The second kappa shape index (κ2) is 7.72. The number of para-hydroxylation sites is 1. The smallest absolute Gasteiger partial charge is 0.227 e. The van der Waals surface area contributed by atoms with Gasteiger partial charge in [0.25, 0.3) is 0 Å². The number of aryl methyl sites for hydroxylation is 1. The molecule has 0 bridgehead atoms. The Hall–Kier alpha value is -2.73. The predicted molar refractivity (Wildman–Crippen MR) is 113 cm³/mol. The molecular weight excluding hydrogens is 350 g/mol. The van der Waals surface area contributed by atoms with Crippen molar-refractivity contribution in [3.8, 4) is 0 Å². The normalized spacial score (nSPS) is 19.1. The molecule has 3 heterocycles. The van der Waals surface area contributed by atoms with E-state index in [2.05, 4.69) is 46.5 Å². The lowest BCUT2D eigenvalue weighted by Gasteiger charge is -2.23. The van der Waals surface area contributed by atoms with Crippen LogP contribution in [0.4, 0.5) is 11.8 Å². The van der Waals surface area contributed by atoms with Crippen molar-refractivity contribution in [2.45, 2.75) is 26.3 Å². The van der Waals surface area contributed by atoms with Crippen LogP contribution < -0.4 is 10.2 Å². The zero-order chi connectivity index (χ0) is 19.7. The minimum absolute atomic E-state index is 0.218. The molecule has 0 radical (unpaired) electrons. The number of nitrogens with zero attached hydrogens (tertiary/aromatic N) is 4. The number of fused-ring (bicyclic) bond motifs is 1. The van der Waals surface area contributed by atoms with Gasteiger partial charge in [-0.05, 0) is 38.0 Å². The highest BCUT2D eigenvalue weighted by Crippen LogP contribution is 2.27. The van der Waals surface area contributed by atoms with Gasteiger partial charge in [-0.2, -0.15) is 4.98 Å². The van der Waals surface area contributed by atoms with E-state index < -0.39 is 0 Å². The zero-order valence-electron chi connectivity index (χ0n) is 16.9. The Morgan fingerprint density at radius 3 is 2.75 bits per heavy atom. The highest BCUT2D eigenvalue weighted by Gasteiger charge is 2.30. The topological polar surface area (TPSA) is 63.2 Å². The van der Waals surface area contributed by atoms with Crippen LogP contribution in [0.2, 0.25) is 0 Å². The lowest BCUT2D eigenvalue weighted by molar-refractivity contribution is 0.185. The quantitative estimate of drug-likeness (QED) is 0.735. The van der Waals surface area contributed by atoms with Crippen molar-refractivity contribution in [3.63, 3.8) is 0 Å². The zero-order valence-corrected chi connectivity index (χ0v) is 16.9. The van der Waals surface area contributed by atoms with Crippen LogP contribution in [-0.4, -0.2) is 48.3 Å². The summed E-state index contributed by atoms with van der Waals surface area (Å²) in [5.74, 6) is 2.00. The van der Waals surface area contributed by atoms with Gasteiger partial charge in [0.2, 0.25) is 5.95 Å². The van der Waals surface area contributed by atoms with E-state index in [0.717, 1.165) is 41.6 Å². The maximum absolute atomic E-state index is 5.84. The first-order valence-electron chi connectivity index (χ1n) is 9.72. The van der Waals surface area contributed by atoms with Crippen molar-refractivity contribution in [2.75, 3.05) is 37.5 Å². The summed E-state index contributed by atoms with van der Waals surface area (Å²) in [4.78, 5) is 15.7. The number of ether oxygens (including phenoxy) is 1. The molecule has 0 saturated carbocycles. The molecule has 1 fully saturated rings. The van der Waals surface area contributed by atoms with Crippen molar-refractivity contribution < 1.29 is 4.74 Å². The predicted octanol–water partition coefficient (Wildman–Crippen LogP) is 3.38. The molecule has 1 aliphatic heterocycles. The van der Waals surface area contributed by atoms with E-state index in [9.17, 15) is 0 Å². The van der Waals surface area contributed by atoms with Crippen LogP contribution in [0.15, 0.2) is 36.5 Å². The van der Waals surface area contributed by atoms with Crippen molar-refractivity contribution in [3.05, 3.63) is 53.3 Å². The van der Waals surface area contributed by atoms with Gasteiger partial charge in [-0.1, -0.05) is 18.2 Å². The van der Waals surface area contributed by atoms with E-state index in [1.54, 1.807) is 0 Å². The van der Waals surface area contributed by atoms with Gasteiger partial charge in [0.05, 0.1) is 24.8 Å². The third-order valence-corrected chi connectivity index (χ3v) is 5.52. The molecule has 2 unspecified atom stereocenters. The van der Waals surface area contributed by atoms with E-state index in [4.69, 9.17) is 9.72 Å². The van der Waals surface area contributed by atoms with Crippen LogP contribution in [0.25, 0.3) is 10.9 Å². The number of anilines is 2. The second-order valence-electron chi connectivity index (χ2n) is 7.72. The van der Waals surface area contributed by atoms with Crippen molar-refractivity contribution >= 4 is 22.7 Å². The third-order valence-electron chi connectivity index (χ3n) is 5.52. The van der Waals surface area contributed by atoms with Gasteiger partial charge in [-0.25, -0.2) is 4.98 Å². The molecule has 0 aliphatic carbocycles. The summed E-state index contributed by atoms with van der Waals surface area (Å²) in [6.07, 6.45) is 2.85. The molecule has 6 heteroatoms. The van der Waals surface area contributed by atoms with Gasteiger partial charge in [0.15, 0.2) is 0 Å². The molecule has 28 heavy (non-hydrogen) atoms. The number of nitrogens with one attached hydrogen (secondary N) is 1. The Bertz CT molecular complexity index is 983. The summed E-state index contributed by atoms with van der Waals surface area (Å²) < 4.78 is 5.84. The molecule has 4 rings (SSSR count).